The Morgan fingerprint density at radius 3 is 1.52 bits per heavy atom. The number of likely N-dealkylation sites (tertiary alicyclic amines) is 2. The van der Waals surface area contributed by atoms with Crippen molar-refractivity contribution in [2.45, 2.75) is 142 Å². The highest BCUT2D eigenvalue weighted by molar-refractivity contribution is 5.94. The van der Waals surface area contributed by atoms with Crippen molar-refractivity contribution >= 4 is 23.7 Å². The number of hydrogen-bond donors (Lipinski definition) is 14. The monoisotopic (exact) mass is 872 g/mol. The summed E-state index contributed by atoms with van der Waals surface area (Å²) in [5, 5.41) is 125. The zero-order valence-electron chi connectivity index (χ0n) is 32.2. The molecule has 15 N–H and O–H groups in total. The van der Waals surface area contributed by atoms with Crippen molar-refractivity contribution in [3.05, 3.63) is 0 Å². The molecule has 0 bridgehead atoms. The molecule has 344 valence electrons. The van der Waals surface area contributed by atoms with E-state index in [4.69, 9.17) is 34.2 Å². The number of hydrogen-bond acceptors (Lipinski definition) is 22. The van der Waals surface area contributed by atoms with E-state index in [2.05, 4.69) is 5.32 Å². The lowest BCUT2D eigenvalue weighted by Gasteiger charge is -2.44. The first-order valence-corrected chi connectivity index (χ1v) is 19.5. The van der Waals surface area contributed by atoms with Gasteiger partial charge in [0.05, 0.1) is 33.0 Å². The van der Waals surface area contributed by atoms with Crippen molar-refractivity contribution in [3.8, 4) is 0 Å². The standard InChI is InChI=1S/C34H56N4O22/c35-12(29(51)37-5-1-3-14(37)28(50)36-13(7-39)30(52)38-6-2-4-15(38)31(53)54)9-55-32-26(48)23(45)20(42)17(59-32)11-57-34-27(49)24(46)21(43)18(60-34)10-56-33-25(47)22(44)19(41)16(8-40)58-33/h12-27,32-34,39-49H,1-11,35H2,(H,36,50)(H,53,54)/t12-,13-,14-,15-,16+,17+,18+,19+,20+,21+,22-,23-,24-,25+,26-,27-,32-,33+,34-/m0/s1. The largest absolute Gasteiger partial charge is 0.480 e. The number of carboxylic acid groups (broad SMARTS) is 1. The summed E-state index contributed by atoms with van der Waals surface area (Å²) in [6.07, 6.45) is -24.8. The second-order valence-corrected chi connectivity index (χ2v) is 15.3. The number of nitrogens with one attached hydrogen (secondary N) is 1. The fourth-order valence-electron chi connectivity index (χ4n) is 7.70. The van der Waals surface area contributed by atoms with Crippen LogP contribution in [0.15, 0.2) is 0 Å². The van der Waals surface area contributed by atoms with Crippen LogP contribution in [0.3, 0.4) is 0 Å². The molecule has 60 heavy (non-hydrogen) atoms. The average Bonchev–Trinajstić information content (AvgIpc) is 3.94. The van der Waals surface area contributed by atoms with Crippen molar-refractivity contribution in [1.82, 2.24) is 15.1 Å². The summed E-state index contributed by atoms with van der Waals surface area (Å²) in [5.41, 5.74) is 6.10. The number of carboxylic acids is 1. The molecule has 19 atom stereocenters. The summed E-state index contributed by atoms with van der Waals surface area (Å²) in [4.78, 5) is 53.4. The van der Waals surface area contributed by atoms with Crippen LogP contribution in [0.1, 0.15) is 25.7 Å². The van der Waals surface area contributed by atoms with Crippen LogP contribution in [0.5, 0.6) is 0 Å². The van der Waals surface area contributed by atoms with Gasteiger partial charge in [-0.15, -0.1) is 0 Å². The Bertz CT molecular complexity index is 1470. The molecule has 5 aliphatic heterocycles. The van der Waals surface area contributed by atoms with Gasteiger partial charge >= 0.3 is 5.97 Å². The van der Waals surface area contributed by atoms with Crippen LogP contribution in [-0.2, 0) is 47.6 Å². The number of amides is 3. The van der Waals surface area contributed by atoms with Crippen molar-refractivity contribution in [2.24, 2.45) is 5.73 Å². The number of aliphatic hydroxyl groups is 11. The third-order valence-corrected chi connectivity index (χ3v) is 11.2. The van der Waals surface area contributed by atoms with Gasteiger partial charge in [0.15, 0.2) is 18.9 Å². The molecule has 0 aromatic carbocycles. The first kappa shape index (κ1) is 48.2. The Morgan fingerprint density at radius 2 is 1.05 bits per heavy atom. The molecule has 0 spiro atoms. The Morgan fingerprint density at radius 1 is 0.617 bits per heavy atom. The van der Waals surface area contributed by atoms with Crippen LogP contribution in [0.25, 0.3) is 0 Å². The van der Waals surface area contributed by atoms with Gasteiger partial charge in [0.1, 0.15) is 97.4 Å². The second kappa shape index (κ2) is 21.0. The van der Waals surface area contributed by atoms with E-state index in [9.17, 15) is 80.5 Å². The number of nitrogens with two attached hydrogens (primary N) is 1. The first-order chi connectivity index (χ1) is 28.4. The molecule has 0 aromatic rings. The molecule has 5 saturated heterocycles. The Kier molecular flexibility index (Phi) is 16.9. The highest BCUT2D eigenvalue weighted by Gasteiger charge is 2.50. The Labute approximate surface area is 341 Å². The van der Waals surface area contributed by atoms with Crippen molar-refractivity contribution in [1.29, 1.82) is 0 Å². The van der Waals surface area contributed by atoms with Crippen LogP contribution in [-0.4, -0.2) is 257 Å². The predicted octanol–water partition coefficient (Wildman–Crippen LogP) is -9.68. The van der Waals surface area contributed by atoms with Gasteiger partial charge in [-0.2, -0.15) is 0 Å². The minimum absolute atomic E-state index is 0.0734. The molecule has 5 aliphatic rings. The third kappa shape index (κ3) is 10.5. The third-order valence-electron chi connectivity index (χ3n) is 11.2. The number of carbonyl (C=O) groups is 4. The maximum absolute atomic E-state index is 13.4. The lowest BCUT2D eigenvalue weighted by atomic mass is 9.98. The molecule has 0 aliphatic carbocycles. The summed E-state index contributed by atoms with van der Waals surface area (Å²) in [7, 11) is 0. The fourth-order valence-corrected chi connectivity index (χ4v) is 7.70. The van der Waals surface area contributed by atoms with E-state index in [1.54, 1.807) is 0 Å². The van der Waals surface area contributed by atoms with Gasteiger partial charge in [-0.25, -0.2) is 4.79 Å². The second-order valence-electron chi connectivity index (χ2n) is 15.3. The molecule has 5 fully saturated rings. The smallest absolute Gasteiger partial charge is 0.326 e. The fraction of sp³-hybridized carbons (Fsp3) is 0.882. The van der Waals surface area contributed by atoms with E-state index in [-0.39, 0.29) is 25.9 Å². The predicted molar refractivity (Wildman–Crippen MR) is 189 cm³/mol. The van der Waals surface area contributed by atoms with Crippen molar-refractivity contribution in [2.75, 3.05) is 46.1 Å². The van der Waals surface area contributed by atoms with Gasteiger partial charge in [-0.05, 0) is 25.7 Å². The number of ether oxygens (including phenoxy) is 6. The van der Waals surface area contributed by atoms with Gasteiger partial charge in [0, 0.05) is 13.1 Å². The lowest BCUT2D eigenvalue weighted by molar-refractivity contribution is -0.342. The number of aliphatic carboxylic acids is 1. The zero-order valence-corrected chi connectivity index (χ0v) is 32.2. The molecule has 5 heterocycles. The highest BCUT2D eigenvalue weighted by Crippen LogP contribution is 2.29. The van der Waals surface area contributed by atoms with Crippen LogP contribution in [0.4, 0.5) is 0 Å². The van der Waals surface area contributed by atoms with Gasteiger partial charge < -0.3 is 111 Å². The van der Waals surface area contributed by atoms with E-state index in [0.717, 1.165) is 9.80 Å². The molecule has 3 amide bonds. The van der Waals surface area contributed by atoms with E-state index in [0.29, 0.717) is 12.8 Å². The van der Waals surface area contributed by atoms with Crippen molar-refractivity contribution < 1.29 is 109 Å². The van der Waals surface area contributed by atoms with E-state index >= 15 is 0 Å². The number of nitrogens with zero attached hydrogens (tertiary/aromatic N) is 2. The van der Waals surface area contributed by atoms with E-state index in [1.165, 1.54) is 0 Å². The van der Waals surface area contributed by atoms with Gasteiger partial charge in [-0.3, -0.25) is 14.4 Å². The van der Waals surface area contributed by atoms with Crippen LogP contribution in [0.2, 0.25) is 0 Å². The summed E-state index contributed by atoms with van der Waals surface area (Å²) in [6.45, 7) is -3.41. The van der Waals surface area contributed by atoms with Crippen LogP contribution >= 0.6 is 0 Å². The molecule has 26 heteroatoms. The number of aliphatic hydroxyl groups excluding tert-OH is 11. The summed E-state index contributed by atoms with van der Waals surface area (Å²) >= 11 is 0. The van der Waals surface area contributed by atoms with E-state index in [1.807, 2.05) is 0 Å². The normalized spacial score (nSPS) is 40.9. The topological polar surface area (TPSA) is 411 Å². The molecular formula is C34H56N4O22. The molecule has 5 rings (SSSR count). The Hall–Kier alpha value is -2.84. The van der Waals surface area contributed by atoms with Crippen LogP contribution < -0.4 is 11.1 Å². The molecular weight excluding hydrogens is 816 g/mol. The lowest BCUT2D eigenvalue weighted by Crippen LogP contribution is -2.63. The minimum Gasteiger partial charge on any atom is -0.480 e. The minimum atomic E-state index is -1.92. The van der Waals surface area contributed by atoms with Gasteiger partial charge in [0.2, 0.25) is 17.7 Å². The molecule has 0 aromatic heterocycles. The summed E-state index contributed by atoms with van der Waals surface area (Å²) in [6, 6.07) is -5.18. The maximum Gasteiger partial charge on any atom is 0.326 e. The number of carbonyl (C=O) groups excluding carboxylic acids is 3. The van der Waals surface area contributed by atoms with Gasteiger partial charge in [0.25, 0.3) is 0 Å². The van der Waals surface area contributed by atoms with E-state index < -0.39 is 173 Å². The molecule has 0 saturated carbocycles. The molecule has 0 unspecified atom stereocenters. The number of rotatable bonds is 16. The van der Waals surface area contributed by atoms with Crippen LogP contribution in [0, 0.1) is 0 Å². The summed E-state index contributed by atoms with van der Waals surface area (Å²) in [5.74, 6) is -3.59. The van der Waals surface area contributed by atoms with Crippen molar-refractivity contribution in [3.63, 3.8) is 0 Å². The first-order valence-electron chi connectivity index (χ1n) is 19.5. The highest BCUT2D eigenvalue weighted by atomic mass is 16.7. The summed E-state index contributed by atoms with van der Waals surface area (Å²) < 4.78 is 32.8. The van der Waals surface area contributed by atoms with Gasteiger partial charge in [-0.1, -0.05) is 0 Å². The zero-order chi connectivity index (χ0) is 44.2. The Balaban J connectivity index is 1.13. The molecule has 26 nitrogen and oxygen atoms in total. The average molecular weight is 873 g/mol. The maximum atomic E-state index is 13.4. The quantitative estimate of drug-likeness (QED) is 0.0685. The molecule has 0 radical (unpaired) electrons. The SMILES string of the molecule is N[C@@H](CO[C@H]1O[C@H](CO[C@H]2O[C@H](CO[C@@H]3O[C@H](CO)[C@@H](O)[C@H](O)[C@H]3O)[C@@H](O)[C@H](O)[C@@H]2O)[C@@H](O)[C@H](O)[C@@H]1O)C(=O)N1CCC[C@H]1C(=O)N[C@@H](CO)C(=O)N1CCC[C@H]1C(=O)O.